The Hall–Kier alpha value is -1.92. The van der Waals surface area contributed by atoms with Crippen molar-refractivity contribution >= 4 is 28.1 Å². The van der Waals surface area contributed by atoms with Gasteiger partial charge in [-0.1, -0.05) is 6.07 Å². The van der Waals surface area contributed by atoms with Crippen molar-refractivity contribution in [1.82, 2.24) is 10.3 Å². The third-order valence-electron chi connectivity index (χ3n) is 4.42. The first kappa shape index (κ1) is 14.7. The standard InChI is InChI=1S/C17H20N4OS/c1-10-16(11-4-5-14-12(7-11)8-15(22)20-14)21-17(23-10)19-13-3-2-6-18-9-13/h4-5,7,13,18H,2-3,6,8-9H2,1H3,(H,19,21)(H,20,22). The summed E-state index contributed by atoms with van der Waals surface area (Å²) in [5, 5.41) is 10.8. The Balaban J connectivity index is 1.57. The summed E-state index contributed by atoms with van der Waals surface area (Å²) in [5.74, 6) is 0.0688. The maximum Gasteiger partial charge on any atom is 0.228 e. The summed E-state index contributed by atoms with van der Waals surface area (Å²) in [4.78, 5) is 17.5. The number of rotatable bonds is 3. The number of nitrogens with one attached hydrogen (secondary N) is 3. The smallest absolute Gasteiger partial charge is 0.228 e. The summed E-state index contributed by atoms with van der Waals surface area (Å²) in [5.41, 5.74) is 4.09. The van der Waals surface area contributed by atoms with Crippen molar-refractivity contribution in [2.75, 3.05) is 23.7 Å². The second kappa shape index (κ2) is 5.94. The molecule has 0 bridgehead atoms. The largest absolute Gasteiger partial charge is 0.357 e. The molecule has 1 aromatic heterocycles. The number of carbonyl (C=O) groups excluding carboxylic acids is 1. The van der Waals surface area contributed by atoms with Crippen LogP contribution in [0.2, 0.25) is 0 Å². The average molecular weight is 328 g/mol. The van der Waals surface area contributed by atoms with Crippen LogP contribution in [-0.4, -0.2) is 30.0 Å². The molecule has 1 amide bonds. The molecule has 2 aliphatic heterocycles. The number of fused-ring (bicyclic) bond motifs is 1. The molecule has 120 valence electrons. The number of nitrogens with zero attached hydrogens (tertiary/aromatic N) is 1. The second-order valence-electron chi connectivity index (χ2n) is 6.21. The van der Waals surface area contributed by atoms with Gasteiger partial charge in [0.15, 0.2) is 5.13 Å². The SMILES string of the molecule is Cc1sc(NC2CCCNC2)nc1-c1ccc2c(c1)CC(=O)N2. The Morgan fingerprint density at radius 2 is 2.30 bits per heavy atom. The van der Waals surface area contributed by atoms with E-state index in [9.17, 15) is 4.79 Å². The molecule has 2 aromatic rings. The van der Waals surface area contributed by atoms with Crippen molar-refractivity contribution in [3.05, 3.63) is 28.6 Å². The summed E-state index contributed by atoms with van der Waals surface area (Å²) in [6.45, 7) is 4.22. The highest BCUT2D eigenvalue weighted by Crippen LogP contribution is 2.34. The molecule has 0 saturated carbocycles. The Bertz CT molecular complexity index is 749. The highest BCUT2D eigenvalue weighted by atomic mass is 32.1. The van der Waals surface area contributed by atoms with Gasteiger partial charge in [0.25, 0.3) is 0 Å². The highest BCUT2D eigenvalue weighted by molar-refractivity contribution is 7.16. The molecule has 1 atom stereocenters. The van der Waals surface area contributed by atoms with Gasteiger partial charge < -0.3 is 16.0 Å². The molecule has 6 heteroatoms. The van der Waals surface area contributed by atoms with E-state index in [0.717, 1.165) is 40.7 Å². The van der Waals surface area contributed by atoms with E-state index in [2.05, 4.69) is 28.9 Å². The van der Waals surface area contributed by atoms with E-state index in [4.69, 9.17) is 4.98 Å². The van der Waals surface area contributed by atoms with Crippen LogP contribution in [0.25, 0.3) is 11.3 Å². The Labute approximate surface area is 139 Å². The predicted octanol–water partition coefficient (Wildman–Crippen LogP) is 2.78. The molecular weight excluding hydrogens is 308 g/mol. The van der Waals surface area contributed by atoms with Gasteiger partial charge in [0.2, 0.25) is 5.91 Å². The summed E-state index contributed by atoms with van der Waals surface area (Å²) in [6, 6.07) is 6.57. The number of benzene rings is 1. The minimum absolute atomic E-state index is 0.0688. The summed E-state index contributed by atoms with van der Waals surface area (Å²) in [6.07, 6.45) is 2.86. The zero-order valence-electron chi connectivity index (χ0n) is 13.1. The molecule has 1 fully saturated rings. The lowest BCUT2D eigenvalue weighted by Crippen LogP contribution is -2.38. The molecule has 5 nitrogen and oxygen atoms in total. The fourth-order valence-corrected chi connectivity index (χ4v) is 4.16. The zero-order chi connectivity index (χ0) is 15.8. The minimum Gasteiger partial charge on any atom is -0.357 e. The van der Waals surface area contributed by atoms with Gasteiger partial charge in [0.1, 0.15) is 0 Å². The maximum atomic E-state index is 11.5. The van der Waals surface area contributed by atoms with Crippen LogP contribution in [0.1, 0.15) is 23.3 Å². The van der Waals surface area contributed by atoms with Crippen LogP contribution in [0.15, 0.2) is 18.2 Å². The quantitative estimate of drug-likeness (QED) is 0.810. The molecule has 0 aliphatic carbocycles. The normalized spacial score (nSPS) is 20.2. The first-order valence-corrected chi connectivity index (χ1v) is 8.88. The predicted molar refractivity (Wildman–Crippen MR) is 94.1 cm³/mol. The molecule has 2 aliphatic rings. The number of amides is 1. The van der Waals surface area contributed by atoms with Crippen molar-refractivity contribution in [1.29, 1.82) is 0 Å². The topological polar surface area (TPSA) is 66.0 Å². The lowest BCUT2D eigenvalue weighted by atomic mass is 10.1. The van der Waals surface area contributed by atoms with E-state index in [0.29, 0.717) is 12.5 Å². The van der Waals surface area contributed by atoms with Crippen molar-refractivity contribution in [2.45, 2.75) is 32.2 Å². The van der Waals surface area contributed by atoms with Gasteiger partial charge in [0, 0.05) is 28.7 Å². The second-order valence-corrected chi connectivity index (χ2v) is 7.41. The number of hydrogen-bond donors (Lipinski definition) is 3. The zero-order valence-corrected chi connectivity index (χ0v) is 13.9. The first-order chi connectivity index (χ1) is 11.2. The molecule has 3 N–H and O–H groups in total. The van der Waals surface area contributed by atoms with Crippen LogP contribution in [0.5, 0.6) is 0 Å². The summed E-state index contributed by atoms with van der Waals surface area (Å²) in [7, 11) is 0. The van der Waals surface area contributed by atoms with Gasteiger partial charge in [-0.25, -0.2) is 4.98 Å². The molecule has 0 radical (unpaired) electrons. The van der Waals surface area contributed by atoms with Crippen LogP contribution in [-0.2, 0) is 11.2 Å². The molecule has 23 heavy (non-hydrogen) atoms. The number of anilines is 2. The van der Waals surface area contributed by atoms with Gasteiger partial charge in [-0.3, -0.25) is 4.79 Å². The molecule has 0 spiro atoms. The van der Waals surface area contributed by atoms with Crippen molar-refractivity contribution in [3.63, 3.8) is 0 Å². The number of carbonyl (C=O) groups is 1. The third kappa shape index (κ3) is 2.96. The molecule has 1 saturated heterocycles. The fourth-order valence-electron chi connectivity index (χ4n) is 3.25. The Morgan fingerprint density at radius 3 is 3.13 bits per heavy atom. The molecule has 3 heterocycles. The average Bonchev–Trinajstić information content (AvgIpc) is 3.09. The number of thiazole rings is 1. The number of aromatic nitrogens is 1. The number of piperidine rings is 1. The highest BCUT2D eigenvalue weighted by Gasteiger charge is 2.20. The summed E-state index contributed by atoms with van der Waals surface area (Å²) < 4.78 is 0. The molecule has 1 aromatic carbocycles. The fraction of sp³-hybridized carbons (Fsp3) is 0.412. The van der Waals surface area contributed by atoms with E-state index < -0.39 is 0 Å². The molecule has 4 rings (SSSR count). The van der Waals surface area contributed by atoms with Crippen LogP contribution >= 0.6 is 11.3 Å². The van der Waals surface area contributed by atoms with Crippen LogP contribution < -0.4 is 16.0 Å². The molecule has 1 unspecified atom stereocenters. The monoisotopic (exact) mass is 328 g/mol. The minimum atomic E-state index is 0.0688. The summed E-state index contributed by atoms with van der Waals surface area (Å²) >= 11 is 1.70. The van der Waals surface area contributed by atoms with Crippen molar-refractivity contribution in [3.8, 4) is 11.3 Å². The van der Waals surface area contributed by atoms with Gasteiger partial charge in [-0.15, -0.1) is 11.3 Å². The van der Waals surface area contributed by atoms with E-state index in [-0.39, 0.29) is 5.91 Å². The van der Waals surface area contributed by atoms with Gasteiger partial charge in [-0.2, -0.15) is 0 Å². The van der Waals surface area contributed by atoms with Crippen molar-refractivity contribution < 1.29 is 4.79 Å². The van der Waals surface area contributed by atoms with Gasteiger partial charge in [0.05, 0.1) is 12.1 Å². The van der Waals surface area contributed by atoms with E-state index >= 15 is 0 Å². The van der Waals surface area contributed by atoms with Crippen molar-refractivity contribution in [2.24, 2.45) is 0 Å². The van der Waals surface area contributed by atoms with Crippen LogP contribution in [0.3, 0.4) is 0 Å². The maximum absolute atomic E-state index is 11.5. The number of aryl methyl sites for hydroxylation is 1. The van der Waals surface area contributed by atoms with Crippen LogP contribution in [0, 0.1) is 6.92 Å². The third-order valence-corrected chi connectivity index (χ3v) is 5.33. The van der Waals surface area contributed by atoms with E-state index in [1.807, 2.05) is 12.1 Å². The lowest BCUT2D eigenvalue weighted by Gasteiger charge is -2.23. The van der Waals surface area contributed by atoms with Gasteiger partial charge in [-0.05, 0) is 44.0 Å². The van der Waals surface area contributed by atoms with E-state index in [1.165, 1.54) is 17.7 Å². The van der Waals surface area contributed by atoms with Crippen LogP contribution in [0.4, 0.5) is 10.8 Å². The Kier molecular flexibility index (Phi) is 3.79. The molecular formula is C17H20N4OS. The van der Waals surface area contributed by atoms with Gasteiger partial charge >= 0.3 is 0 Å². The lowest BCUT2D eigenvalue weighted by molar-refractivity contribution is -0.115. The number of hydrogen-bond acceptors (Lipinski definition) is 5. The first-order valence-electron chi connectivity index (χ1n) is 8.07. The van der Waals surface area contributed by atoms with E-state index in [1.54, 1.807) is 11.3 Å². The Morgan fingerprint density at radius 1 is 1.39 bits per heavy atom.